The number of phenolic OH excluding ortho intramolecular Hbond substituents is 1. The largest absolute Gasteiger partial charge is 0.507 e. The van der Waals surface area contributed by atoms with Gasteiger partial charge in [-0.15, -0.1) is 0 Å². The number of hydrogen-bond donors (Lipinski definition) is 3. The molecule has 7 rings (SSSR count). The number of fused-ring (bicyclic) bond motifs is 2. The van der Waals surface area contributed by atoms with Gasteiger partial charge in [0.1, 0.15) is 40.0 Å². The predicted molar refractivity (Wildman–Crippen MR) is 218 cm³/mol. The van der Waals surface area contributed by atoms with Crippen molar-refractivity contribution in [3.8, 4) is 23.0 Å². The fraction of sp³-hybridized carbons (Fsp3) is 0.391. The number of benzene rings is 4. The monoisotopic (exact) mass is 799 g/mol. The first kappa shape index (κ1) is 41.9. The van der Waals surface area contributed by atoms with Gasteiger partial charge in [0, 0.05) is 54.6 Å². The van der Waals surface area contributed by atoms with Crippen LogP contribution >= 0.6 is 11.6 Å². The van der Waals surface area contributed by atoms with Crippen LogP contribution in [0.5, 0.6) is 23.0 Å². The lowest BCUT2D eigenvalue weighted by Gasteiger charge is -2.38. The van der Waals surface area contributed by atoms with Crippen LogP contribution in [0.15, 0.2) is 78.9 Å². The number of hydrogen-bond acceptors (Lipinski definition) is 9. The lowest BCUT2D eigenvalue weighted by Crippen LogP contribution is -2.46. The van der Waals surface area contributed by atoms with E-state index in [-0.39, 0.29) is 35.1 Å². The highest BCUT2D eigenvalue weighted by atomic mass is 35.5. The van der Waals surface area contributed by atoms with Gasteiger partial charge in [-0.05, 0) is 125 Å². The summed E-state index contributed by atoms with van der Waals surface area (Å²) in [6.07, 6.45) is 6.14. The third-order valence-electron chi connectivity index (χ3n) is 11.0. The van der Waals surface area contributed by atoms with Crippen molar-refractivity contribution in [3.63, 3.8) is 0 Å². The molecule has 9 nitrogen and oxygen atoms in total. The van der Waals surface area contributed by atoms with E-state index < -0.39 is 22.9 Å². The van der Waals surface area contributed by atoms with Crippen molar-refractivity contribution in [3.05, 3.63) is 123 Å². The maximum Gasteiger partial charge on any atom is 0.171 e. The summed E-state index contributed by atoms with van der Waals surface area (Å²) in [5.74, 6) is 1.08. The van der Waals surface area contributed by atoms with Crippen LogP contribution in [0.2, 0.25) is 5.02 Å². The number of ether oxygens (including phenoxy) is 3. The Bertz CT molecular complexity index is 2120. The molecule has 302 valence electrons. The lowest BCUT2D eigenvalue weighted by molar-refractivity contribution is -0.0412. The number of aliphatic hydroxyl groups is 2. The van der Waals surface area contributed by atoms with Crippen molar-refractivity contribution in [1.29, 1.82) is 0 Å². The SMILES string of the molecule is COc1c(CC(=O)c2cc3c(cc2O)OC(C)(C)C(O)C3)ccc2c1C=CC(C)(C)O2.O=C(CCCN1CCC(O)(c2ccc(Cl)cc2)CC1)c1ccc(F)cc1. The maximum absolute atomic E-state index is 13.1. The first-order valence-electron chi connectivity index (χ1n) is 19.3. The number of rotatable bonds is 10. The molecule has 57 heavy (non-hydrogen) atoms. The first-order chi connectivity index (χ1) is 27.0. The quantitative estimate of drug-likeness (QED) is 0.135. The molecule has 0 saturated carbocycles. The second-order valence-electron chi connectivity index (χ2n) is 16.1. The van der Waals surface area contributed by atoms with Crippen LogP contribution in [-0.4, -0.2) is 75.8 Å². The fourth-order valence-corrected chi connectivity index (χ4v) is 7.59. The minimum Gasteiger partial charge on any atom is -0.507 e. The molecule has 0 aliphatic carbocycles. The third kappa shape index (κ3) is 9.87. The summed E-state index contributed by atoms with van der Waals surface area (Å²) in [5.41, 5.74) is 1.89. The average molecular weight is 800 g/mol. The molecule has 3 heterocycles. The number of Topliss-reactive ketones (excluding diaryl/α,β-unsaturated/α-hetero) is 2. The summed E-state index contributed by atoms with van der Waals surface area (Å²) in [4.78, 5) is 27.5. The van der Waals surface area contributed by atoms with Crippen molar-refractivity contribution in [2.75, 3.05) is 26.7 Å². The molecule has 1 atom stereocenters. The van der Waals surface area contributed by atoms with E-state index in [1.165, 1.54) is 30.3 Å². The molecule has 1 saturated heterocycles. The number of carbonyl (C=O) groups excluding carboxylic acids is 2. The van der Waals surface area contributed by atoms with Gasteiger partial charge in [-0.1, -0.05) is 29.8 Å². The van der Waals surface area contributed by atoms with E-state index in [1.54, 1.807) is 27.0 Å². The van der Waals surface area contributed by atoms with Crippen LogP contribution in [0.25, 0.3) is 6.08 Å². The average Bonchev–Trinajstić information content (AvgIpc) is 3.16. The summed E-state index contributed by atoms with van der Waals surface area (Å²) >= 11 is 5.92. The Morgan fingerprint density at radius 3 is 2.28 bits per heavy atom. The number of ketones is 2. The van der Waals surface area contributed by atoms with E-state index in [4.69, 9.17) is 25.8 Å². The van der Waals surface area contributed by atoms with Gasteiger partial charge in [0.15, 0.2) is 11.6 Å². The lowest BCUT2D eigenvalue weighted by atomic mass is 9.84. The first-order valence-corrected chi connectivity index (χ1v) is 19.7. The molecule has 0 spiro atoms. The second-order valence-corrected chi connectivity index (χ2v) is 16.6. The zero-order valence-corrected chi connectivity index (χ0v) is 33.9. The van der Waals surface area contributed by atoms with E-state index in [0.717, 1.165) is 37.2 Å². The molecule has 3 aliphatic rings. The number of carbonyl (C=O) groups is 2. The molecule has 1 unspecified atom stereocenters. The number of piperidine rings is 1. The van der Waals surface area contributed by atoms with E-state index >= 15 is 0 Å². The normalized spacial score (nSPS) is 18.8. The van der Waals surface area contributed by atoms with E-state index in [2.05, 4.69) is 4.90 Å². The summed E-state index contributed by atoms with van der Waals surface area (Å²) in [6, 6.07) is 19.8. The van der Waals surface area contributed by atoms with E-state index in [9.17, 15) is 29.3 Å². The summed E-state index contributed by atoms with van der Waals surface area (Å²) < 4.78 is 30.3. The standard InChI is InChI=1S/C25H28O6.C21H23ClFNO2/c1-24(2)9-8-16-20(30-24)7-6-14(23(16)29-5)11-18(26)17-10-15-12-22(28)25(3,4)31-21(15)13-19(17)27;22-18-7-5-17(6-8-18)21(26)11-14-24(15-12-21)13-1-2-20(25)16-3-9-19(23)10-4-16/h6-10,13,22,27-28H,11-12H2,1-5H3;3-10,26H,1-2,11-15H2. The van der Waals surface area contributed by atoms with Crippen LogP contribution in [0.4, 0.5) is 4.39 Å². The van der Waals surface area contributed by atoms with Crippen molar-refractivity contribution in [2.45, 2.75) is 89.1 Å². The van der Waals surface area contributed by atoms with Crippen LogP contribution in [0.1, 0.15) is 96.3 Å². The summed E-state index contributed by atoms with van der Waals surface area (Å²) in [6.45, 7) is 9.93. The van der Waals surface area contributed by atoms with Gasteiger partial charge in [0.2, 0.25) is 0 Å². The molecular formula is C46H51ClFNO8. The molecule has 0 amide bonds. The minimum atomic E-state index is -0.801. The minimum absolute atomic E-state index is 0.0414. The molecule has 0 radical (unpaired) electrons. The Balaban J connectivity index is 0.000000196. The number of nitrogens with zero attached hydrogens (tertiary/aromatic N) is 1. The molecule has 0 aromatic heterocycles. The highest BCUT2D eigenvalue weighted by Crippen LogP contribution is 2.41. The molecule has 11 heteroatoms. The van der Waals surface area contributed by atoms with Gasteiger partial charge >= 0.3 is 0 Å². The van der Waals surface area contributed by atoms with Crippen LogP contribution in [-0.2, 0) is 18.4 Å². The summed E-state index contributed by atoms with van der Waals surface area (Å²) in [7, 11) is 1.56. The predicted octanol–water partition coefficient (Wildman–Crippen LogP) is 8.51. The third-order valence-corrected chi connectivity index (χ3v) is 11.2. The van der Waals surface area contributed by atoms with Crippen molar-refractivity contribution in [1.82, 2.24) is 4.90 Å². The van der Waals surface area contributed by atoms with Gasteiger partial charge in [0.05, 0.1) is 29.9 Å². The number of methoxy groups -OCH3 is 1. The number of aliphatic hydroxyl groups excluding tert-OH is 1. The highest BCUT2D eigenvalue weighted by Gasteiger charge is 2.37. The second kappa shape index (κ2) is 17.0. The topological polar surface area (TPSA) is 126 Å². The van der Waals surface area contributed by atoms with Gasteiger partial charge in [-0.3, -0.25) is 9.59 Å². The number of halogens is 2. The zero-order valence-electron chi connectivity index (χ0n) is 33.1. The van der Waals surface area contributed by atoms with Crippen molar-refractivity contribution >= 4 is 29.2 Å². The van der Waals surface area contributed by atoms with Gasteiger partial charge < -0.3 is 34.4 Å². The number of likely N-dealkylation sites (tertiary alicyclic amines) is 1. The Morgan fingerprint density at radius 2 is 1.61 bits per heavy atom. The molecule has 4 aromatic carbocycles. The molecule has 4 aromatic rings. The Hall–Kier alpha value is -4.74. The number of phenols is 1. The Labute approximate surface area is 338 Å². The highest BCUT2D eigenvalue weighted by molar-refractivity contribution is 6.30. The fourth-order valence-electron chi connectivity index (χ4n) is 7.46. The summed E-state index contributed by atoms with van der Waals surface area (Å²) in [5, 5.41) is 32.4. The molecule has 3 N–H and O–H groups in total. The molecule has 0 bridgehead atoms. The Morgan fingerprint density at radius 1 is 0.930 bits per heavy atom. The van der Waals surface area contributed by atoms with Crippen molar-refractivity contribution in [2.24, 2.45) is 0 Å². The van der Waals surface area contributed by atoms with Gasteiger partial charge in [-0.2, -0.15) is 0 Å². The van der Waals surface area contributed by atoms with Gasteiger partial charge in [-0.25, -0.2) is 4.39 Å². The van der Waals surface area contributed by atoms with Gasteiger partial charge in [0.25, 0.3) is 0 Å². The van der Waals surface area contributed by atoms with Crippen LogP contribution in [0.3, 0.4) is 0 Å². The number of aromatic hydroxyl groups is 1. The molecule has 3 aliphatic heterocycles. The van der Waals surface area contributed by atoms with E-state index in [1.807, 2.05) is 62.4 Å². The molecule has 1 fully saturated rings. The van der Waals surface area contributed by atoms with Crippen LogP contribution < -0.4 is 14.2 Å². The smallest absolute Gasteiger partial charge is 0.171 e. The maximum atomic E-state index is 13.1. The van der Waals surface area contributed by atoms with E-state index in [0.29, 0.717) is 64.6 Å². The van der Waals surface area contributed by atoms with Crippen molar-refractivity contribution < 1.29 is 43.5 Å². The Kier molecular flexibility index (Phi) is 12.5. The molecular weight excluding hydrogens is 749 g/mol. The zero-order chi connectivity index (χ0) is 41.1. The van der Waals surface area contributed by atoms with Crippen LogP contribution in [0, 0.1) is 5.82 Å².